The highest BCUT2D eigenvalue weighted by Crippen LogP contribution is 2.45. The molecular formula is C47H58N9O10P. The molecule has 2 aliphatic carbocycles. The van der Waals surface area contributed by atoms with E-state index in [-0.39, 0.29) is 80.9 Å². The molecule has 2 saturated carbocycles. The molecule has 5 N–H and O–H groups in total. The summed E-state index contributed by atoms with van der Waals surface area (Å²) >= 11 is 0. The maximum absolute atomic E-state index is 13.5. The van der Waals surface area contributed by atoms with Crippen molar-refractivity contribution in [3.63, 3.8) is 0 Å². The van der Waals surface area contributed by atoms with E-state index in [4.69, 9.17) is 14.5 Å². The molecule has 3 fully saturated rings. The molecule has 0 bridgehead atoms. The minimum Gasteiger partial charge on any atom is -0.495 e. The number of nitrogens with zero attached hydrogens (tertiary/aromatic N) is 6. The summed E-state index contributed by atoms with van der Waals surface area (Å²) in [4.78, 5) is 99.3. The molecular weight excluding hydrogens is 882 g/mol. The fourth-order valence-corrected chi connectivity index (χ4v) is 11.1. The van der Waals surface area contributed by atoms with Gasteiger partial charge in [-0.05, 0) is 87.3 Å². The zero-order valence-electron chi connectivity index (χ0n) is 38.0. The first-order valence-corrected chi connectivity index (χ1v) is 24.7. The standard InChI is InChI=1S/C47H58N9O10P/c1-4-37-46(61)53(2)39-27-48-47(52-42(39)56(37)33-12-5-6-13-33)50-36-20-15-30(26-40(36)65-3)43(58)49-31-16-18-32(19-17-31)55(67(62,63)64)23-25-66-24-8-7-10-29-11-9-14-34-35(29)28-54(45(34)60)38-21-22-41(57)51-44(38)59/h9,11,14-15,20,26-27,31-33,37-38H,4-6,8,12-13,16-19,21-25,28H2,1-3H3,(H,49,58)(H,48,50,52)(H,51,57,59)(H2,62,63,64)/t31?,32?,37-,38?/m1/s1. The second kappa shape index (κ2) is 20.5. The van der Waals surface area contributed by atoms with Gasteiger partial charge in [-0.3, -0.25) is 29.3 Å². The van der Waals surface area contributed by atoms with Crippen molar-refractivity contribution in [1.82, 2.24) is 30.2 Å². The lowest BCUT2D eigenvalue weighted by Gasteiger charge is -2.43. The Balaban J connectivity index is 0.807. The van der Waals surface area contributed by atoms with Crippen molar-refractivity contribution in [3.8, 4) is 17.6 Å². The Hall–Kier alpha value is -5.90. The molecule has 1 aromatic heterocycles. The zero-order chi connectivity index (χ0) is 47.4. The number of amides is 5. The van der Waals surface area contributed by atoms with Crippen LogP contribution in [0.2, 0.25) is 0 Å². The number of methoxy groups -OCH3 is 1. The number of ether oxygens (including phenoxy) is 2. The maximum Gasteiger partial charge on any atom is 0.403 e. The highest BCUT2D eigenvalue weighted by molar-refractivity contribution is 7.49. The second-order valence-corrected chi connectivity index (χ2v) is 19.2. The summed E-state index contributed by atoms with van der Waals surface area (Å²) in [6, 6.07) is 8.91. The van der Waals surface area contributed by atoms with E-state index in [1.165, 1.54) is 16.7 Å². The molecule has 67 heavy (non-hydrogen) atoms. The van der Waals surface area contributed by atoms with Crippen LogP contribution in [0.25, 0.3) is 0 Å². The van der Waals surface area contributed by atoms with Crippen molar-refractivity contribution in [2.75, 3.05) is 49.0 Å². The summed E-state index contributed by atoms with van der Waals surface area (Å²) < 4.78 is 25.2. The molecule has 5 aliphatic rings. The number of aromatic nitrogens is 2. The lowest BCUT2D eigenvalue weighted by molar-refractivity contribution is -0.137. The number of hydrogen-bond donors (Lipinski definition) is 5. The third kappa shape index (κ3) is 10.3. The number of benzene rings is 2. The Morgan fingerprint density at radius 2 is 1.81 bits per heavy atom. The number of piperidine rings is 1. The number of carbonyl (C=O) groups excluding carboxylic acids is 5. The third-order valence-electron chi connectivity index (χ3n) is 13.6. The average Bonchev–Trinajstić information content (AvgIpc) is 3.97. The molecule has 3 aliphatic heterocycles. The van der Waals surface area contributed by atoms with Gasteiger partial charge >= 0.3 is 7.75 Å². The van der Waals surface area contributed by atoms with E-state index in [0.29, 0.717) is 78.3 Å². The normalized spacial score (nSPS) is 22.0. The first-order chi connectivity index (χ1) is 32.2. The van der Waals surface area contributed by atoms with E-state index >= 15 is 0 Å². The SMILES string of the molecule is CC[C@@H]1C(=O)N(C)c2cnc(Nc3ccc(C(=O)NC4CCC(N(CCOCCC#Cc5cccc6c5CN(C5CCC(=O)NC5=O)C6=O)P(=O)(O)O)CC4)cc3OC)nc2N1C1CCCC1. The van der Waals surface area contributed by atoms with Crippen molar-refractivity contribution in [2.24, 2.45) is 0 Å². The molecule has 1 saturated heterocycles. The van der Waals surface area contributed by atoms with Crippen LogP contribution in [0, 0.1) is 11.8 Å². The lowest BCUT2D eigenvalue weighted by atomic mass is 9.91. The molecule has 8 rings (SSSR count). The monoisotopic (exact) mass is 939 g/mol. The molecule has 1 unspecified atom stereocenters. The minimum absolute atomic E-state index is 0.00924. The van der Waals surface area contributed by atoms with Gasteiger partial charge in [0.15, 0.2) is 5.82 Å². The van der Waals surface area contributed by atoms with Crippen molar-refractivity contribution in [1.29, 1.82) is 0 Å². The van der Waals surface area contributed by atoms with Gasteiger partial charge in [-0.2, -0.15) is 4.98 Å². The molecule has 2 aromatic carbocycles. The van der Waals surface area contributed by atoms with Gasteiger partial charge in [0, 0.05) is 67.8 Å². The molecule has 4 heterocycles. The van der Waals surface area contributed by atoms with Gasteiger partial charge in [-0.25, -0.2) is 14.2 Å². The second-order valence-electron chi connectivity index (χ2n) is 17.7. The lowest BCUT2D eigenvalue weighted by Crippen LogP contribution is -2.55. The molecule has 5 amide bonds. The highest BCUT2D eigenvalue weighted by atomic mass is 31.2. The van der Waals surface area contributed by atoms with E-state index < -0.39 is 25.7 Å². The van der Waals surface area contributed by atoms with Crippen molar-refractivity contribution in [2.45, 2.75) is 121 Å². The maximum atomic E-state index is 13.5. The molecule has 19 nitrogen and oxygen atoms in total. The Morgan fingerprint density at radius 3 is 2.52 bits per heavy atom. The average molecular weight is 940 g/mol. The molecule has 3 aromatic rings. The summed E-state index contributed by atoms with van der Waals surface area (Å²) in [7, 11) is -1.35. The first kappa shape index (κ1) is 47.6. The fraction of sp³-hybridized carbons (Fsp3) is 0.511. The van der Waals surface area contributed by atoms with Gasteiger partial charge < -0.3 is 44.6 Å². The topological polar surface area (TPSA) is 236 Å². The van der Waals surface area contributed by atoms with Crippen LogP contribution in [0.3, 0.4) is 0 Å². The summed E-state index contributed by atoms with van der Waals surface area (Å²) in [6.45, 7) is 2.54. The van der Waals surface area contributed by atoms with Crippen LogP contribution in [-0.2, 0) is 30.2 Å². The Kier molecular flexibility index (Phi) is 14.6. The van der Waals surface area contributed by atoms with Gasteiger partial charge in [-0.1, -0.05) is 37.7 Å². The number of hydrogen-bond acceptors (Lipinski definition) is 12. The van der Waals surface area contributed by atoms with Crippen molar-refractivity contribution in [3.05, 3.63) is 64.8 Å². The third-order valence-corrected chi connectivity index (χ3v) is 14.7. The van der Waals surface area contributed by atoms with Gasteiger partial charge in [0.05, 0.1) is 32.2 Å². The predicted octanol–water partition coefficient (Wildman–Crippen LogP) is 4.39. The largest absolute Gasteiger partial charge is 0.495 e. The Bertz CT molecular complexity index is 2510. The summed E-state index contributed by atoms with van der Waals surface area (Å²) in [6.07, 6.45) is 9.30. The number of carbonyl (C=O) groups is 5. The van der Waals surface area contributed by atoms with E-state index in [0.717, 1.165) is 37.1 Å². The number of nitrogens with one attached hydrogen (secondary N) is 3. The van der Waals surface area contributed by atoms with Gasteiger partial charge in [0.2, 0.25) is 23.7 Å². The molecule has 20 heteroatoms. The van der Waals surface area contributed by atoms with Crippen LogP contribution in [0.1, 0.15) is 116 Å². The van der Waals surface area contributed by atoms with E-state index in [9.17, 15) is 38.3 Å². The fourth-order valence-electron chi connectivity index (χ4n) is 10.1. The van der Waals surface area contributed by atoms with E-state index in [1.807, 2.05) is 13.0 Å². The van der Waals surface area contributed by atoms with Gasteiger partial charge in [-0.15, -0.1) is 0 Å². The number of anilines is 4. The minimum atomic E-state index is -4.62. The van der Waals surface area contributed by atoms with Crippen LogP contribution in [0.15, 0.2) is 42.6 Å². The van der Waals surface area contributed by atoms with E-state index in [1.54, 1.807) is 48.5 Å². The molecule has 0 spiro atoms. The highest BCUT2D eigenvalue weighted by Gasteiger charge is 2.42. The van der Waals surface area contributed by atoms with Crippen LogP contribution in [0.5, 0.6) is 5.75 Å². The Morgan fingerprint density at radius 1 is 1.03 bits per heavy atom. The quantitative estimate of drug-likeness (QED) is 0.0615. The van der Waals surface area contributed by atoms with Crippen LogP contribution in [0.4, 0.5) is 23.1 Å². The number of fused-ring (bicyclic) bond motifs is 2. The molecule has 0 radical (unpaired) electrons. The number of imide groups is 1. The number of rotatable bonds is 15. The van der Waals surface area contributed by atoms with Gasteiger partial charge in [0.1, 0.15) is 23.5 Å². The molecule has 356 valence electrons. The van der Waals surface area contributed by atoms with Crippen molar-refractivity contribution < 1.29 is 47.8 Å². The van der Waals surface area contributed by atoms with Crippen LogP contribution in [-0.4, -0.2) is 123 Å². The Labute approximate surface area is 389 Å². The van der Waals surface area contributed by atoms with Crippen LogP contribution < -0.4 is 30.5 Å². The summed E-state index contributed by atoms with van der Waals surface area (Å²) in [5.74, 6) is 6.26. The summed E-state index contributed by atoms with van der Waals surface area (Å²) in [5, 5.41) is 8.64. The van der Waals surface area contributed by atoms with Crippen molar-refractivity contribution >= 4 is 60.4 Å². The van der Waals surface area contributed by atoms with Crippen LogP contribution >= 0.6 is 7.75 Å². The predicted molar refractivity (Wildman–Crippen MR) is 248 cm³/mol. The smallest absolute Gasteiger partial charge is 0.403 e. The first-order valence-electron chi connectivity index (χ1n) is 23.1. The summed E-state index contributed by atoms with van der Waals surface area (Å²) in [5.41, 5.74) is 3.47. The molecule has 2 atom stereocenters. The zero-order valence-corrected chi connectivity index (χ0v) is 38.9. The van der Waals surface area contributed by atoms with E-state index in [2.05, 4.69) is 37.7 Å². The van der Waals surface area contributed by atoms with Gasteiger partial charge in [0.25, 0.3) is 11.8 Å². The number of likely N-dealkylation sites (N-methyl/N-ethyl adjacent to an activating group) is 1.